The maximum Gasteiger partial charge on any atom is 0.117 e. The summed E-state index contributed by atoms with van der Waals surface area (Å²) in [6.07, 6.45) is 1.75. The number of nitrogens with one attached hydrogen (secondary N) is 1. The number of nitrogens with zero attached hydrogens (tertiary/aromatic N) is 1. The van der Waals surface area contributed by atoms with Crippen LogP contribution in [0, 0.1) is 4.64 Å². The minimum Gasteiger partial charge on any atom is -0.334 e. The van der Waals surface area contributed by atoms with Crippen LogP contribution >= 0.6 is 12.2 Å². The molecule has 0 aliphatic carbocycles. The Balaban J connectivity index is 2.51. The van der Waals surface area contributed by atoms with E-state index in [-0.39, 0.29) is 5.41 Å². The molecule has 1 aromatic carbocycles. The molecule has 1 heterocycles. The first-order valence-corrected chi connectivity index (χ1v) is 5.63. The predicted molar refractivity (Wildman–Crippen MR) is 68.0 cm³/mol. The molecule has 0 amide bonds. The molecule has 2 nitrogen and oxygen atoms in total. The van der Waals surface area contributed by atoms with Crippen LogP contribution in [-0.4, -0.2) is 9.97 Å². The van der Waals surface area contributed by atoms with Crippen molar-refractivity contribution < 1.29 is 0 Å². The Morgan fingerprint density at radius 2 is 1.81 bits per heavy atom. The Kier molecular flexibility index (Phi) is 2.88. The smallest absolute Gasteiger partial charge is 0.117 e. The van der Waals surface area contributed by atoms with Crippen LogP contribution in [0.15, 0.2) is 42.6 Å². The summed E-state index contributed by atoms with van der Waals surface area (Å²) in [6.45, 7) is 4.27. The summed E-state index contributed by atoms with van der Waals surface area (Å²) in [5.74, 6) is 0.895. The van der Waals surface area contributed by atoms with E-state index in [4.69, 9.17) is 12.2 Å². The molecule has 0 fully saturated rings. The first-order valence-electron chi connectivity index (χ1n) is 5.22. The first-order chi connectivity index (χ1) is 7.60. The molecule has 0 radical (unpaired) electrons. The van der Waals surface area contributed by atoms with Gasteiger partial charge in [0.25, 0.3) is 0 Å². The van der Waals surface area contributed by atoms with Gasteiger partial charge in [0, 0.05) is 11.6 Å². The maximum absolute atomic E-state index is 5.12. The van der Waals surface area contributed by atoms with Gasteiger partial charge in [-0.3, -0.25) is 0 Å². The van der Waals surface area contributed by atoms with E-state index in [1.165, 1.54) is 5.56 Å². The molecule has 2 aromatic rings. The average molecular weight is 230 g/mol. The third-order valence-electron chi connectivity index (χ3n) is 2.76. The Morgan fingerprint density at radius 3 is 2.44 bits per heavy atom. The first kappa shape index (κ1) is 11.0. The number of benzene rings is 1. The van der Waals surface area contributed by atoms with E-state index >= 15 is 0 Å². The van der Waals surface area contributed by atoms with Crippen molar-refractivity contribution in [3.05, 3.63) is 58.6 Å². The minimum atomic E-state index is -0.157. The third kappa shape index (κ3) is 2.04. The second kappa shape index (κ2) is 4.18. The normalized spacial score (nSPS) is 11.4. The van der Waals surface area contributed by atoms with Crippen molar-refractivity contribution in [3.8, 4) is 0 Å². The van der Waals surface area contributed by atoms with Gasteiger partial charge < -0.3 is 4.98 Å². The number of hydrogen-bond acceptors (Lipinski definition) is 2. The zero-order chi connectivity index (χ0) is 11.6. The van der Waals surface area contributed by atoms with E-state index in [0.29, 0.717) is 4.64 Å². The molecular weight excluding hydrogens is 216 g/mol. The summed E-state index contributed by atoms with van der Waals surface area (Å²) in [6, 6.07) is 12.1. The highest BCUT2D eigenvalue weighted by Crippen LogP contribution is 2.27. The third-order valence-corrected chi connectivity index (χ3v) is 3.00. The maximum atomic E-state index is 5.12. The molecule has 0 spiro atoms. The van der Waals surface area contributed by atoms with Crippen LogP contribution in [0.3, 0.4) is 0 Å². The lowest BCUT2D eigenvalue weighted by atomic mass is 9.84. The van der Waals surface area contributed by atoms with E-state index in [0.717, 1.165) is 5.82 Å². The zero-order valence-corrected chi connectivity index (χ0v) is 10.2. The molecule has 1 aromatic heterocycles. The second-order valence-corrected chi connectivity index (χ2v) is 4.71. The molecule has 3 heteroatoms. The van der Waals surface area contributed by atoms with E-state index in [1.807, 2.05) is 18.2 Å². The summed E-state index contributed by atoms with van der Waals surface area (Å²) < 4.78 is 0.717. The van der Waals surface area contributed by atoms with Gasteiger partial charge in [-0.05, 0) is 25.5 Å². The summed E-state index contributed by atoms with van der Waals surface area (Å²) in [4.78, 5) is 7.52. The highest BCUT2D eigenvalue weighted by Gasteiger charge is 2.24. The molecule has 0 aliphatic rings. The lowest BCUT2D eigenvalue weighted by molar-refractivity contribution is 0.588. The Hall–Kier alpha value is -1.48. The van der Waals surface area contributed by atoms with Gasteiger partial charge in [0.15, 0.2) is 0 Å². The molecular formula is C13H14N2S. The number of aromatic nitrogens is 2. The van der Waals surface area contributed by atoms with Crippen molar-refractivity contribution in [3.63, 3.8) is 0 Å². The average Bonchev–Trinajstić information content (AvgIpc) is 2.30. The summed E-state index contributed by atoms with van der Waals surface area (Å²) in [5.41, 5.74) is 1.06. The molecule has 82 valence electrons. The molecule has 0 aliphatic heterocycles. The predicted octanol–water partition coefficient (Wildman–Crippen LogP) is 3.47. The summed E-state index contributed by atoms with van der Waals surface area (Å²) in [7, 11) is 0. The topological polar surface area (TPSA) is 28.7 Å². The van der Waals surface area contributed by atoms with Crippen LogP contribution < -0.4 is 0 Å². The van der Waals surface area contributed by atoms with Crippen molar-refractivity contribution in [1.82, 2.24) is 9.97 Å². The monoisotopic (exact) mass is 230 g/mol. The van der Waals surface area contributed by atoms with Crippen molar-refractivity contribution >= 4 is 12.2 Å². The SMILES string of the molecule is CC(C)(c1ccccc1)c1nccc(=S)[nH]1. The van der Waals surface area contributed by atoms with Crippen LogP contribution in [0.5, 0.6) is 0 Å². The van der Waals surface area contributed by atoms with Crippen molar-refractivity contribution in [1.29, 1.82) is 0 Å². The number of hydrogen-bond donors (Lipinski definition) is 1. The van der Waals surface area contributed by atoms with Crippen LogP contribution in [-0.2, 0) is 5.41 Å². The number of H-pyrrole nitrogens is 1. The molecule has 0 saturated carbocycles. The highest BCUT2D eigenvalue weighted by molar-refractivity contribution is 7.71. The van der Waals surface area contributed by atoms with Crippen LogP contribution in [0.25, 0.3) is 0 Å². The molecule has 16 heavy (non-hydrogen) atoms. The van der Waals surface area contributed by atoms with Crippen LogP contribution in [0.2, 0.25) is 0 Å². The second-order valence-electron chi connectivity index (χ2n) is 4.27. The van der Waals surface area contributed by atoms with Gasteiger partial charge in [0.05, 0.1) is 0 Å². The largest absolute Gasteiger partial charge is 0.334 e. The number of rotatable bonds is 2. The van der Waals surface area contributed by atoms with Crippen molar-refractivity contribution in [2.24, 2.45) is 0 Å². The standard InChI is InChI=1S/C13H14N2S/c1-13(2,10-6-4-3-5-7-10)12-14-9-8-11(16)15-12/h3-9H,1-2H3,(H,14,15,16). The molecule has 0 atom stereocenters. The van der Waals surface area contributed by atoms with E-state index < -0.39 is 0 Å². The Morgan fingerprint density at radius 1 is 1.12 bits per heavy atom. The van der Waals surface area contributed by atoms with Crippen LogP contribution in [0.1, 0.15) is 25.2 Å². The van der Waals surface area contributed by atoms with Gasteiger partial charge in [-0.1, -0.05) is 42.5 Å². The van der Waals surface area contributed by atoms with Gasteiger partial charge in [-0.25, -0.2) is 4.98 Å². The van der Waals surface area contributed by atoms with E-state index in [2.05, 4.69) is 35.9 Å². The fraction of sp³-hybridized carbons (Fsp3) is 0.231. The molecule has 2 rings (SSSR count). The number of aromatic amines is 1. The molecule has 0 saturated heterocycles. The lowest BCUT2D eigenvalue weighted by Crippen LogP contribution is -2.22. The fourth-order valence-corrected chi connectivity index (χ4v) is 1.84. The summed E-state index contributed by atoms with van der Waals surface area (Å²) in [5, 5.41) is 0. The van der Waals surface area contributed by atoms with Crippen molar-refractivity contribution in [2.75, 3.05) is 0 Å². The Labute approximate surface area is 100 Å². The van der Waals surface area contributed by atoms with Gasteiger partial charge in [0.1, 0.15) is 10.5 Å². The molecule has 0 bridgehead atoms. The van der Waals surface area contributed by atoms with Gasteiger partial charge >= 0.3 is 0 Å². The summed E-state index contributed by atoms with van der Waals surface area (Å²) >= 11 is 5.12. The van der Waals surface area contributed by atoms with E-state index in [9.17, 15) is 0 Å². The van der Waals surface area contributed by atoms with Gasteiger partial charge in [-0.15, -0.1) is 0 Å². The molecule has 0 unspecified atom stereocenters. The lowest BCUT2D eigenvalue weighted by Gasteiger charge is -2.24. The van der Waals surface area contributed by atoms with E-state index in [1.54, 1.807) is 12.3 Å². The minimum absolute atomic E-state index is 0.157. The van der Waals surface area contributed by atoms with Gasteiger partial charge in [0.2, 0.25) is 0 Å². The van der Waals surface area contributed by atoms with Crippen LogP contribution in [0.4, 0.5) is 0 Å². The molecule has 1 N–H and O–H groups in total. The zero-order valence-electron chi connectivity index (χ0n) is 9.40. The quantitative estimate of drug-likeness (QED) is 0.800. The highest BCUT2D eigenvalue weighted by atomic mass is 32.1. The fourth-order valence-electron chi connectivity index (χ4n) is 1.68. The van der Waals surface area contributed by atoms with Crippen molar-refractivity contribution in [2.45, 2.75) is 19.3 Å². The Bertz CT molecular complexity index is 529. The van der Waals surface area contributed by atoms with Gasteiger partial charge in [-0.2, -0.15) is 0 Å².